The summed E-state index contributed by atoms with van der Waals surface area (Å²) in [7, 11) is 0. The highest BCUT2D eigenvalue weighted by Crippen LogP contribution is 2.21. The molecule has 0 aliphatic heterocycles. The third-order valence-corrected chi connectivity index (χ3v) is 2.17. The van der Waals surface area contributed by atoms with Gasteiger partial charge in [0.15, 0.2) is 0 Å². The SMILES string of the molecule is O=[N+]([O-])C=Cc1cc(Br)ccc1Cl. The molecule has 0 fully saturated rings. The zero-order valence-corrected chi connectivity index (χ0v) is 8.75. The Morgan fingerprint density at radius 3 is 2.85 bits per heavy atom. The van der Waals surface area contributed by atoms with Gasteiger partial charge in [0.2, 0.25) is 6.20 Å². The minimum atomic E-state index is -0.531. The molecule has 0 N–H and O–H groups in total. The van der Waals surface area contributed by atoms with E-state index in [-0.39, 0.29) is 0 Å². The first-order valence-corrected chi connectivity index (χ1v) is 4.53. The molecule has 68 valence electrons. The summed E-state index contributed by atoms with van der Waals surface area (Å²) in [5.74, 6) is 0. The second-order valence-electron chi connectivity index (χ2n) is 2.27. The van der Waals surface area contributed by atoms with Crippen molar-refractivity contribution >= 4 is 33.6 Å². The maximum absolute atomic E-state index is 10.0. The lowest BCUT2D eigenvalue weighted by Gasteiger charge is -1.96. The predicted molar refractivity (Wildman–Crippen MR) is 55.2 cm³/mol. The maximum atomic E-state index is 10.0. The first kappa shape index (κ1) is 10.2. The van der Waals surface area contributed by atoms with E-state index < -0.39 is 4.92 Å². The zero-order valence-electron chi connectivity index (χ0n) is 6.41. The van der Waals surface area contributed by atoms with E-state index in [1.807, 2.05) is 0 Å². The lowest BCUT2D eigenvalue weighted by molar-refractivity contribution is -0.400. The Balaban J connectivity index is 3.00. The highest BCUT2D eigenvalue weighted by atomic mass is 79.9. The quantitative estimate of drug-likeness (QED) is 0.606. The van der Waals surface area contributed by atoms with Gasteiger partial charge in [0.25, 0.3) is 0 Å². The number of hydrogen-bond acceptors (Lipinski definition) is 2. The summed E-state index contributed by atoms with van der Waals surface area (Å²) >= 11 is 9.03. The lowest BCUT2D eigenvalue weighted by Crippen LogP contribution is -1.83. The fourth-order valence-electron chi connectivity index (χ4n) is 0.783. The molecule has 0 saturated heterocycles. The van der Waals surface area contributed by atoms with Crippen LogP contribution in [0.5, 0.6) is 0 Å². The highest BCUT2D eigenvalue weighted by Gasteiger charge is 1.98. The molecule has 0 radical (unpaired) electrons. The third kappa shape index (κ3) is 3.16. The van der Waals surface area contributed by atoms with Crippen molar-refractivity contribution in [3.8, 4) is 0 Å². The second-order valence-corrected chi connectivity index (χ2v) is 3.59. The minimum Gasteiger partial charge on any atom is -0.259 e. The van der Waals surface area contributed by atoms with Crippen LogP contribution in [0, 0.1) is 10.1 Å². The lowest BCUT2D eigenvalue weighted by atomic mass is 10.2. The molecule has 13 heavy (non-hydrogen) atoms. The van der Waals surface area contributed by atoms with Crippen LogP contribution in [0.3, 0.4) is 0 Å². The van der Waals surface area contributed by atoms with Crippen LogP contribution in [0.2, 0.25) is 5.02 Å². The number of nitro groups is 1. The van der Waals surface area contributed by atoms with Crippen molar-refractivity contribution in [3.63, 3.8) is 0 Å². The van der Waals surface area contributed by atoms with Gasteiger partial charge in [0, 0.05) is 21.1 Å². The Hall–Kier alpha value is -0.870. The van der Waals surface area contributed by atoms with E-state index in [0.717, 1.165) is 10.7 Å². The summed E-state index contributed by atoms with van der Waals surface area (Å²) in [6, 6.07) is 5.15. The van der Waals surface area contributed by atoms with E-state index in [2.05, 4.69) is 15.9 Å². The molecule has 3 nitrogen and oxygen atoms in total. The molecular weight excluding hydrogens is 257 g/mol. The Bertz CT molecular complexity index is 365. The van der Waals surface area contributed by atoms with Gasteiger partial charge in [0.05, 0.1) is 4.92 Å². The first-order valence-electron chi connectivity index (χ1n) is 3.36. The minimum absolute atomic E-state index is 0.487. The van der Waals surface area contributed by atoms with Crippen molar-refractivity contribution in [2.24, 2.45) is 0 Å². The van der Waals surface area contributed by atoms with E-state index >= 15 is 0 Å². The van der Waals surface area contributed by atoms with E-state index in [0.29, 0.717) is 10.6 Å². The van der Waals surface area contributed by atoms with Crippen molar-refractivity contribution in [2.45, 2.75) is 0 Å². The molecule has 5 heteroatoms. The highest BCUT2D eigenvalue weighted by molar-refractivity contribution is 9.10. The van der Waals surface area contributed by atoms with Gasteiger partial charge >= 0.3 is 0 Å². The zero-order chi connectivity index (χ0) is 9.84. The van der Waals surface area contributed by atoms with Crippen LogP contribution < -0.4 is 0 Å². The summed E-state index contributed by atoms with van der Waals surface area (Å²) in [6.07, 6.45) is 2.21. The molecule has 0 aliphatic carbocycles. The predicted octanol–water partition coefficient (Wildman–Crippen LogP) is 3.35. The number of hydrogen-bond donors (Lipinski definition) is 0. The third-order valence-electron chi connectivity index (χ3n) is 1.33. The molecule has 0 saturated carbocycles. The van der Waals surface area contributed by atoms with E-state index in [1.54, 1.807) is 18.2 Å². The molecule has 0 spiro atoms. The van der Waals surface area contributed by atoms with Crippen molar-refractivity contribution in [3.05, 3.63) is 49.6 Å². The number of nitrogens with zero attached hydrogens (tertiary/aromatic N) is 1. The van der Waals surface area contributed by atoms with Gasteiger partial charge in [-0.15, -0.1) is 0 Å². The van der Waals surface area contributed by atoms with Crippen LogP contribution >= 0.6 is 27.5 Å². The van der Waals surface area contributed by atoms with Gasteiger partial charge in [-0.2, -0.15) is 0 Å². The van der Waals surface area contributed by atoms with E-state index in [4.69, 9.17) is 11.6 Å². The Morgan fingerprint density at radius 2 is 2.23 bits per heavy atom. The number of rotatable bonds is 2. The number of halogens is 2. The molecule has 0 unspecified atom stereocenters. The molecule has 0 bridgehead atoms. The summed E-state index contributed by atoms with van der Waals surface area (Å²) in [6.45, 7) is 0. The van der Waals surface area contributed by atoms with Gasteiger partial charge in [-0.05, 0) is 18.2 Å². The summed E-state index contributed by atoms with van der Waals surface area (Å²) < 4.78 is 0.833. The van der Waals surface area contributed by atoms with Gasteiger partial charge in [-0.25, -0.2) is 0 Å². The van der Waals surface area contributed by atoms with Crippen LogP contribution in [0.25, 0.3) is 6.08 Å². The maximum Gasteiger partial charge on any atom is 0.235 e. The largest absolute Gasteiger partial charge is 0.259 e. The molecule has 1 aromatic rings. The molecule has 1 aromatic carbocycles. The average molecular weight is 262 g/mol. The smallest absolute Gasteiger partial charge is 0.235 e. The van der Waals surface area contributed by atoms with Crippen LogP contribution in [-0.2, 0) is 0 Å². The Morgan fingerprint density at radius 1 is 1.54 bits per heavy atom. The standard InChI is InChI=1S/C8H5BrClNO2/c9-7-1-2-8(10)6(5-7)3-4-11(12)13/h1-5H. The van der Waals surface area contributed by atoms with Crippen LogP contribution in [-0.4, -0.2) is 4.92 Å². The van der Waals surface area contributed by atoms with Crippen LogP contribution in [0.4, 0.5) is 0 Å². The fourth-order valence-corrected chi connectivity index (χ4v) is 1.34. The van der Waals surface area contributed by atoms with Gasteiger partial charge in [-0.3, -0.25) is 10.1 Å². The van der Waals surface area contributed by atoms with Crippen molar-refractivity contribution in [1.82, 2.24) is 0 Å². The Labute approximate surface area is 88.3 Å². The number of benzene rings is 1. The Kier molecular flexibility index (Phi) is 3.45. The van der Waals surface area contributed by atoms with Crippen molar-refractivity contribution in [2.75, 3.05) is 0 Å². The summed E-state index contributed by atoms with van der Waals surface area (Å²) in [5.41, 5.74) is 0.618. The monoisotopic (exact) mass is 261 g/mol. The normalized spacial score (nSPS) is 10.6. The van der Waals surface area contributed by atoms with Crippen molar-refractivity contribution < 1.29 is 4.92 Å². The molecule has 0 heterocycles. The first-order chi connectivity index (χ1) is 6.09. The second kappa shape index (κ2) is 4.39. The molecule has 0 atom stereocenters. The van der Waals surface area contributed by atoms with Crippen LogP contribution in [0.1, 0.15) is 5.56 Å². The van der Waals surface area contributed by atoms with Crippen molar-refractivity contribution in [1.29, 1.82) is 0 Å². The molecular formula is C8H5BrClNO2. The molecule has 0 aromatic heterocycles. The molecule has 1 rings (SSSR count). The van der Waals surface area contributed by atoms with E-state index in [1.165, 1.54) is 6.08 Å². The summed E-state index contributed by atoms with van der Waals surface area (Å²) in [4.78, 5) is 9.50. The van der Waals surface area contributed by atoms with Crippen LogP contribution in [0.15, 0.2) is 28.9 Å². The van der Waals surface area contributed by atoms with Gasteiger partial charge in [-0.1, -0.05) is 27.5 Å². The van der Waals surface area contributed by atoms with Gasteiger partial charge in [0.1, 0.15) is 0 Å². The van der Waals surface area contributed by atoms with Gasteiger partial charge < -0.3 is 0 Å². The van der Waals surface area contributed by atoms with E-state index in [9.17, 15) is 10.1 Å². The summed E-state index contributed by atoms with van der Waals surface area (Å²) in [5, 5.41) is 10.5. The average Bonchev–Trinajstić information content (AvgIpc) is 2.06. The fraction of sp³-hybridized carbons (Fsp3) is 0. The molecule has 0 amide bonds. The topological polar surface area (TPSA) is 43.1 Å². The molecule has 0 aliphatic rings.